The maximum absolute atomic E-state index is 9.61. The first kappa shape index (κ1) is 12.4. The van der Waals surface area contributed by atoms with Gasteiger partial charge in [-0.3, -0.25) is 4.98 Å². The summed E-state index contributed by atoms with van der Waals surface area (Å²) in [6.07, 6.45) is 2.61. The molecular formula is C14H16N2O2. The second-order valence-corrected chi connectivity index (χ2v) is 4.03. The van der Waals surface area contributed by atoms with Crippen molar-refractivity contribution >= 4 is 0 Å². The molecule has 0 spiro atoms. The fourth-order valence-corrected chi connectivity index (χ4v) is 1.71. The fraction of sp³-hybridized carbons (Fsp3) is 0.214. The van der Waals surface area contributed by atoms with Gasteiger partial charge >= 0.3 is 0 Å². The number of phenols is 2. The molecule has 1 aromatic heterocycles. The summed E-state index contributed by atoms with van der Waals surface area (Å²) >= 11 is 0. The number of para-hydroxylation sites is 1. The highest BCUT2D eigenvalue weighted by molar-refractivity contribution is 5.44. The Morgan fingerprint density at radius 2 is 1.94 bits per heavy atom. The van der Waals surface area contributed by atoms with Crippen LogP contribution in [0.3, 0.4) is 0 Å². The lowest BCUT2D eigenvalue weighted by Gasteiger charge is -2.07. The lowest BCUT2D eigenvalue weighted by Crippen LogP contribution is -2.17. The Kier molecular flexibility index (Phi) is 4.15. The zero-order chi connectivity index (χ0) is 12.8. The number of hydrogen-bond donors (Lipinski definition) is 3. The average molecular weight is 244 g/mol. The molecule has 0 amide bonds. The number of rotatable bonds is 5. The number of nitrogens with zero attached hydrogens (tertiary/aromatic N) is 1. The molecule has 94 valence electrons. The standard InChI is InChI=1S/C14H16N2O2/c17-13-6-3-4-11(14(13)18)10-15-9-7-12-5-1-2-8-16-12/h1-6,8,15,17-18H,7,9-10H2. The molecule has 1 heterocycles. The van der Waals surface area contributed by atoms with Gasteiger partial charge in [0.15, 0.2) is 11.5 Å². The topological polar surface area (TPSA) is 65.4 Å². The first-order chi connectivity index (χ1) is 8.77. The van der Waals surface area contributed by atoms with Crippen LogP contribution in [-0.2, 0) is 13.0 Å². The Morgan fingerprint density at radius 3 is 2.72 bits per heavy atom. The average Bonchev–Trinajstić information content (AvgIpc) is 2.40. The van der Waals surface area contributed by atoms with E-state index in [4.69, 9.17) is 0 Å². The van der Waals surface area contributed by atoms with Gasteiger partial charge < -0.3 is 15.5 Å². The maximum atomic E-state index is 9.61. The zero-order valence-electron chi connectivity index (χ0n) is 10.0. The highest BCUT2D eigenvalue weighted by Crippen LogP contribution is 2.27. The van der Waals surface area contributed by atoms with Crippen LogP contribution in [0, 0.1) is 0 Å². The van der Waals surface area contributed by atoms with Gasteiger partial charge in [0.1, 0.15) is 0 Å². The van der Waals surface area contributed by atoms with Crippen LogP contribution in [0.15, 0.2) is 42.6 Å². The SMILES string of the molecule is Oc1cccc(CNCCc2ccccn2)c1O. The Hall–Kier alpha value is -2.07. The molecule has 1 aromatic carbocycles. The zero-order valence-corrected chi connectivity index (χ0v) is 10.0. The number of benzene rings is 1. The minimum absolute atomic E-state index is 0.0529. The summed E-state index contributed by atoms with van der Waals surface area (Å²) in [4.78, 5) is 4.23. The minimum atomic E-state index is -0.0842. The van der Waals surface area contributed by atoms with E-state index in [0.29, 0.717) is 12.1 Å². The summed E-state index contributed by atoms with van der Waals surface area (Å²) in [6, 6.07) is 10.8. The molecule has 0 aliphatic rings. The second kappa shape index (κ2) is 6.02. The number of pyridine rings is 1. The quantitative estimate of drug-likeness (QED) is 0.554. The monoisotopic (exact) mass is 244 g/mol. The van der Waals surface area contributed by atoms with E-state index in [-0.39, 0.29) is 11.5 Å². The van der Waals surface area contributed by atoms with Crippen LogP contribution < -0.4 is 5.32 Å². The van der Waals surface area contributed by atoms with Gasteiger partial charge in [-0.1, -0.05) is 18.2 Å². The molecule has 0 atom stereocenters. The number of aromatic nitrogens is 1. The highest BCUT2D eigenvalue weighted by atomic mass is 16.3. The minimum Gasteiger partial charge on any atom is -0.504 e. The van der Waals surface area contributed by atoms with Crippen LogP contribution in [0.2, 0.25) is 0 Å². The fourth-order valence-electron chi connectivity index (χ4n) is 1.71. The van der Waals surface area contributed by atoms with Crippen LogP contribution in [0.5, 0.6) is 11.5 Å². The molecule has 3 N–H and O–H groups in total. The van der Waals surface area contributed by atoms with Gasteiger partial charge in [-0.25, -0.2) is 0 Å². The summed E-state index contributed by atoms with van der Waals surface area (Å²) in [5.41, 5.74) is 1.72. The lowest BCUT2D eigenvalue weighted by molar-refractivity contribution is 0.398. The van der Waals surface area contributed by atoms with E-state index in [9.17, 15) is 10.2 Å². The smallest absolute Gasteiger partial charge is 0.161 e. The summed E-state index contributed by atoms with van der Waals surface area (Å²) in [7, 11) is 0. The molecule has 4 nitrogen and oxygen atoms in total. The van der Waals surface area contributed by atoms with Crippen molar-refractivity contribution in [3.63, 3.8) is 0 Å². The molecule has 2 aromatic rings. The number of phenolic OH excluding ortho intramolecular Hbond substituents is 2. The van der Waals surface area contributed by atoms with Crippen molar-refractivity contribution in [2.24, 2.45) is 0 Å². The van der Waals surface area contributed by atoms with Crippen LogP contribution in [0.4, 0.5) is 0 Å². The highest BCUT2D eigenvalue weighted by Gasteiger charge is 2.04. The molecular weight excluding hydrogens is 228 g/mol. The predicted molar refractivity (Wildman–Crippen MR) is 69.4 cm³/mol. The van der Waals surface area contributed by atoms with Gasteiger partial charge in [0, 0.05) is 37.0 Å². The third-order valence-electron chi connectivity index (χ3n) is 2.70. The molecule has 0 aliphatic carbocycles. The Morgan fingerprint density at radius 1 is 1.06 bits per heavy atom. The molecule has 0 aliphatic heterocycles. The van der Waals surface area contributed by atoms with Crippen molar-refractivity contribution in [1.82, 2.24) is 10.3 Å². The second-order valence-electron chi connectivity index (χ2n) is 4.03. The summed E-state index contributed by atoms with van der Waals surface area (Å²) < 4.78 is 0. The molecule has 4 heteroatoms. The molecule has 0 radical (unpaired) electrons. The maximum Gasteiger partial charge on any atom is 0.161 e. The molecule has 2 rings (SSSR count). The Labute approximate surface area is 106 Å². The largest absolute Gasteiger partial charge is 0.504 e. The Balaban J connectivity index is 1.81. The molecule has 0 fully saturated rings. The first-order valence-corrected chi connectivity index (χ1v) is 5.88. The third-order valence-corrected chi connectivity index (χ3v) is 2.70. The van der Waals surface area contributed by atoms with Gasteiger partial charge in [-0.15, -0.1) is 0 Å². The van der Waals surface area contributed by atoms with Crippen molar-refractivity contribution in [3.05, 3.63) is 53.9 Å². The molecule has 0 unspecified atom stereocenters. The third kappa shape index (κ3) is 3.21. The van der Waals surface area contributed by atoms with Gasteiger partial charge in [-0.2, -0.15) is 0 Å². The summed E-state index contributed by atoms with van der Waals surface area (Å²) in [5, 5.41) is 22.2. The number of aromatic hydroxyl groups is 2. The van der Waals surface area contributed by atoms with Crippen molar-refractivity contribution in [1.29, 1.82) is 0 Å². The molecule has 0 saturated heterocycles. The first-order valence-electron chi connectivity index (χ1n) is 5.88. The molecule has 0 bridgehead atoms. The van der Waals surface area contributed by atoms with Crippen LogP contribution in [-0.4, -0.2) is 21.7 Å². The Bertz CT molecular complexity index is 500. The van der Waals surface area contributed by atoms with E-state index < -0.39 is 0 Å². The molecule has 18 heavy (non-hydrogen) atoms. The van der Waals surface area contributed by atoms with Crippen molar-refractivity contribution in [2.75, 3.05) is 6.54 Å². The number of hydrogen-bond acceptors (Lipinski definition) is 4. The molecule has 0 saturated carbocycles. The van der Waals surface area contributed by atoms with Gasteiger partial charge in [0.05, 0.1) is 0 Å². The lowest BCUT2D eigenvalue weighted by atomic mass is 10.2. The van der Waals surface area contributed by atoms with Crippen molar-refractivity contribution in [3.8, 4) is 11.5 Å². The summed E-state index contributed by atoms with van der Waals surface area (Å²) in [5.74, 6) is -0.137. The van der Waals surface area contributed by atoms with Crippen LogP contribution >= 0.6 is 0 Å². The van der Waals surface area contributed by atoms with E-state index in [1.165, 1.54) is 6.07 Å². The normalized spacial score (nSPS) is 10.4. The van der Waals surface area contributed by atoms with E-state index in [1.54, 1.807) is 18.3 Å². The van der Waals surface area contributed by atoms with Crippen molar-refractivity contribution < 1.29 is 10.2 Å². The predicted octanol–water partition coefficient (Wildman–Crippen LogP) is 1.83. The van der Waals surface area contributed by atoms with E-state index in [2.05, 4.69) is 10.3 Å². The number of nitrogens with one attached hydrogen (secondary N) is 1. The van der Waals surface area contributed by atoms with E-state index >= 15 is 0 Å². The van der Waals surface area contributed by atoms with Gasteiger partial charge in [0.2, 0.25) is 0 Å². The van der Waals surface area contributed by atoms with Gasteiger partial charge in [0.25, 0.3) is 0 Å². The summed E-state index contributed by atoms with van der Waals surface area (Å²) in [6.45, 7) is 1.29. The van der Waals surface area contributed by atoms with Crippen molar-refractivity contribution in [2.45, 2.75) is 13.0 Å². The van der Waals surface area contributed by atoms with E-state index in [1.807, 2.05) is 18.2 Å². The van der Waals surface area contributed by atoms with Gasteiger partial charge in [-0.05, 0) is 18.2 Å². The van der Waals surface area contributed by atoms with E-state index in [0.717, 1.165) is 18.7 Å². The van der Waals surface area contributed by atoms with Crippen LogP contribution in [0.25, 0.3) is 0 Å². The van der Waals surface area contributed by atoms with Crippen LogP contribution in [0.1, 0.15) is 11.3 Å².